The Labute approximate surface area is 72.5 Å². The van der Waals surface area contributed by atoms with Gasteiger partial charge in [0.2, 0.25) is 0 Å². The van der Waals surface area contributed by atoms with Crippen molar-refractivity contribution in [3.63, 3.8) is 0 Å². The van der Waals surface area contributed by atoms with Gasteiger partial charge in [0.25, 0.3) is 0 Å². The Bertz CT molecular complexity index is 229. The molecule has 0 saturated carbocycles. The van der Waals surface area contributed by atoms with Crippen molar-refractivity contribution in [1.29, 1.82) is 0 Å². The van der Waals surface area contributed by atoms with Crippen molar-refractivity contribution in [2.75, 3.05) is 6.61 Å². The molecule has 0 bridgehead atoms. The van der Waals surface area contributed by atoms with E-state index in [2.05, 4.69) is 29.7 Å². The molecule has 2 rings (SSSR count). The van der Waals surface area contributed by atoms with E-state index in [1.807, 2.05) is 6.07 Å². The molecule has 1 N–H and O–H groups in total. The molecule has 1 atom stereocenters. The standard InChI is InChI=1S/C10H13NO/c1-2-5-9(6-3-1)10-7-4-8-12-11-10/h1-3,5-6,10-11H,4,7-8H2/q+1. The first-order valence-corrected chi connectivity index (χ1v) is 4.39. The summed E-state index contributed by atoms with van der Waals surface area (Å²) >= 11 is 0. The molecule has 0 amide bonds. The Morgan fingerprint density at radius 3 is 2.75 bits per heavy atom. The lowest BCUT2D eigenvalue weighted by Gasteiger charge is -2.13. The van der Waals surface area contributed by atoms with Gasteiger partial charge in [0.05, 0.1) is 0 Å². The van der Waals surface area contributed by atoms with Gasteiger partial charge in [-0.25, -0.2) is 0 Å². The highest BCUT2D eigenvalue weighted by Crippen LogP contribution is 2.15. The van der Waals surface area contributed by atoms with Crippen LogP contribution in [0.1, 0.15) is 24.4 Å². The van der Waals surface area contributed by atoms with Crippen LogP contribution in [-0.2, 0) is 4.84 Å². The molecule has 1 aliphatic heterocycles. The molecule has 1 fully saturated rings. The van der Waals surface area contributed by atoms with Crippen molar-refractivity contribution in [2.45, 2.75) is 18.9 Å². The lowest BCUT2D eigenvalue weighted by molar-refractivity contribution is -0.931. The van der Waals surface area contributed by atoms with Crippen molar-refractivity contribution < 1.29 is 10.3 Å². The van der Waals surface area contributed by atoms with Crippen LogP contribution in [0.5, 0.6) is 0 Å². The zero-order chi connectivity index (χ0) is 8.23. The van der Waals surface area contributed by atoms with Gasteiger partial charge in [0.1, 0.15) is 6.61 Å². The third-order valence-electron chi connectivity index (χ3n) is 2.17. The molecule has 1 unspecified atom stereocenters. The smallest absolute Gasteiger partial charge is 0.150 e. The first kappa shape index (κ1) is 7.77. The Morgan fingerprint density at radius 1 is 1.25 bits per heavy atom. The van der Waals surface area contributed by atoms with E-state index in [1.54, 1.807) is 0 Å². The summed E-state index contributed by atoms with van der Waals surface area (Å²) < 4.78 is 0. The maximum Gasteiger partial charge on any atom is 0.192 e. The lowest BCUT2D eigenvalue weighted by Crippen LogP contribution is -2.85. The fourth-order valence-electron chi connectivity index (χ4n) is 1.50. The average molecular weight is 163 g/mol. The minimum absolute atomic E-state index is 0.389. The zero-order valence-corrected chi connectivity index (χ0v) is 6.99. The molecule has 1 aromatic carbocycles. The van der Waals surface area contributed by atoms with Crippen molar-refractivity contribution in [2.24, 2.45) is 0 Å². The summed E-state index contributed by atoms with van der Waals surface area (Å²) in [5.41, 5.74) is 4.35. The summed E-state index contributed by atoms with van der Waals surface area (Å²) in [5, 5.41) is 0. The van der Waals surface area contributed by atoms with Crippen LogP contribution in [0.3, 0.4) is 0 Å². The minimum Gasteiger partial charge on any atom is -0.150 e. The van der Waals surface area contributed by atoms with Crippen molar-refractivity contribution >= 4 is 0 Å². The van der Waals surface area contributed by atoms with Crippen molar-refractivity contribution in [3.05, 3.63) is 35.9 Å². The molecule has 0 spiro atoms. The van der Waals surface area contributed by atoms with E-state index < -0.39 is 0 Å². The van der Waals surface area contributed by atoms with Gasteiger partial charge in [-0.2, -0.15) is 4.84 Å². The molecule has 1 aromatic rings. The third kappa shape index (κ3) is 1.65. The topological polar surface area (TPSA) is 24.8 Å². The number of hydroxylamine groups is 1. The number of nitrogens with one attached hydrogen (secondary N) is 1. The van der Waals surface area contributed by atoms with Crippen LogP contribution in [0.25, 0.3) is 0 Å². The monoisotopic (exact) mass is 163 g/mol. The molecule has 2 nitrogen and oxygen atoms in total. The Morgan fingerprint density at radius 2 is 2.08 bits per heavy atom. The summed E-state index contributed by atoms with van der Waals surface area (Å²) in [7, 11) is 0. The second-order valence-corrected chi connectivity index (χ2v) is 3.07. The molecule has 0 aliphatic carbocycles. The molecule has 1 saturated heterocycles. The summed E-state index contributed by atoms with van der Waals surface area (Å²) in [6.45, 7) is 0.837. The zero-order valence-electron chi connectivity index (χ0n) is 6.99. The van der Waals surface area contributed by atoms with Gasteiger partial charge in [0.15, 0.2) is 6.04 Å². The number of rotatable bonds is 1. The molecule has 2 heteroatoms. The van der Waals surface area contributed by atoms with Crippen LogP contribution in [0.15, 0.2) is 30.3 Å². The number of hydrogen-bond donors (Lipinski definition) is 1. The van der Waals surface area contributed by atoms with Gasteiger partial charge in [0, 0.05) is 12.0 Å². The molecule has 12 heavy (non-hydrogen) atoms. The maximum absolute atomic E-state index is 5.19. The van der Waals surface area contributed by atoms with Gasteiger partial charge < -0.3 is 0 Å². The summed E-state index contributed by atoms with van der Waals surface area (Å²) in [5.74, 6) is 0. The van der Waals surface area contributed by atoms with Crippen LogP contribution >= 0.6 is 0 Å². The second kappa shape index (κ2) is 3.70. The van der Waals surface area contributed by atoms with Crippen LogP contribution in [0.2, 0.25) is 0 Å². The highest BCUT2D eigenvalue weighted by Gasteiger charge is 2.22. The normalized spacial score (nSPS) is 23.8. The van der Waals surface area contributed by atoms with E-state index in [9.17, 15) is 0 Å². The lowest BCUT2D eigenvalue weighted by atomic mass is 10.0. The first-order chi connectivity index (χ1) is 5.97. The van der Waals surface area contributed by atoms with Crippen molar-refractivity contribution in [3.8, 4) is 0 Å². The fourth-order valence-corrected chi connectivity index (χ4v) is 1.50. The van der Waals surface area contributed by atoms with E-state index in [0.29, 0.717) is 6.04 Å². The van der Waals surface area contributed by atoms with E-state index in [4.69, 9.17) is 4.84 Å². The van der Waals surface area contributed by atoms with E-state index >= 15 is 0 Å². The van der Waals surface area contributed by atoms with Crippen LogP contribution in [0, 0.1) is 0 Å². The molecular formula is C10H13NO+. The van der Waals surface area contributed by atoms with E-state index in [1.165, 1.54) is 12.0 Å². The minimum atomic E-state index is 0.389. The van der Waals surface area contributed by atoms with Gasteiger partial charge in [-0.1, -0.05) is 30.3 Å². The highest BCUT2D eigenvalue weighted by molar-refractivity contribution is 5.16. The van der Waals surface area contributed by atoms with Crippen LogP contribution in [-0.4, -0.2) is 6.61 Å². The summed E-state index contributed by atoms with van der Waals surface area (Å²) in [6.07, 6.45) is 2.32. The van der Waals surface area contributed by atoms with E-state index in [0.717, 1.165) is 13.0 Å². The molecule has 1 radical (unpaired) electrons. The van der Waals surface area contributed by atoms with E-state index in [-0.39, 0.29) is 0 Å². The van der Waals surface area contributed by atoms with Crippen LogP contribution < -0.4 is 5.48 Å². The Balaban J connectivity index is 2.08. The van der Waals surface area contributed by atoms with Crippen molar-refractivity contribution in [1.82, 2.24) is 0 Å². The Hall–Kier alpha value is -0.860. The number of hydrogen-bond acceptors (Lipinski definition) is 2. The summed E-state index contributed by atoms with van der Waals surface area (Å²) in [6, 6.07) is 10.8. The second-order valence-electron chi connectivity index (χ2n) is 3.07. The SMILES string of the molecule is c1ccc(C2CCCO[NH+]2)cc1. The van der Waals surface area contributed by atoms with Gasteiger partial charge >= 0.3 is 0 Å². The average Bonchev–Trinajstić information content (AvgIpc) is 2.21. The first-order valence-electron chi connectivity index (χ1n) is 4.39. The van der Waals surface area contributed by atoms with Gasteiger partial charge in [-0.05, 0) is 11.9 Å². The third-order valence-corrected chi connectivity index (χ3v) is 2.17. The molecule has 1 aliphatic rings. The fraction of sp³-hybridized carbons (Fsp3) is 0.400. The molecule has 0 aromatic heterocycles. The number of benzene rings is 1. The predicted octanol–water partition coefficient (Wildman–Crippen LogP) is 0.802. The predicted molar refractivity (Wildman–Crippen MR) is 45.3 cm³/mol. The highest BCUT2D eigenvalue weighted by atomic mass is 16.6. The quantitative estimate of drug-likeness (QED) is 0.651. The molecule has 63 valence electrons. The molecular weight excluding hydrogens is 150 g/mol. The van der Waals surface area contributed by atoms with Crippen LogP contribution in [0.4, 0.5) is 0 Å². The Kier molecular flexibility index (Phi) is 2.39. The molecule has 1 heterocycles. The summed E-state index contributed by atoms with van der Waals surface area (Å²) in [4.78, 5) is 5.19. The largest absolute Gasteiger partial charge is 0.192 e. The maximum atomic E-state index is 5.19. The van der Waals surface area contributed by atoms with Gasteiger partial charge in [-0.15, -0.1) is 0 Å². The van der Waals surface area contributed by atoms with Gasteiger partial charge in [-0.3, -0.25) is 0 Å².